The van der Waals surface area contributed by atoms with Crippen LogP contribution in [0.1, 0.15) is 34.3 Å². The van der Waals surface area contributed by atoms with E-state index in [0.717, 1.165) is 11.1 Å². The number of nitrogens with two attached hydrogens (primary N) is 1. The van der Waals surface area contributed by atoms with Gasteiger partial charge in [-0.25, -0.2) is 0 Å². The van der Waals surface area contributed by atoms with Gasteiger partial charge in [0.2, 0.25) is 5.91 Å². The van der Waals surface area contributed by atoms with Crippen LogP contribution in [-0.2, 0) is 11.4 Å². The molecule has 0 fully saturated rings. The molecule has 0 aromatic heterocycles. The van der Waals surface area contributed by atoms with Crippen molar-refractivity contribution in [2.75, 3.05) is 19.0 Å². The van der Waals surface area contributed by atoms with Crippen LogP contribution in [0.3, 0.4) is 0 Å². The van der Waals surface area contributed by atoms with Gasteiger partial charge in [0.25, 0.3) is 0 Å². The molecule has 206 valence electrons. The van der Waals surface area contributed by atoms with E-state index in [4.69, 9.17) is 20.4 Å². The maximum atomic E-state index is 13.7. The average Bonchev–Trinajstić information content (AvgIpc) is 3.02. The van der Waals surface area contributed by atoms with Crippen molar-refractivity contribution in [2.24, 2.45) is 10.9 Å². The second-order valence-corrected chi connectivity index (χ2v) is 8.98. The highest BCUT2D eigenvalue weighted by Crippen LogP contribution is 2.33. The molecule has 0 aliphatic carbocycles. The van der Waals surface area contributed by atoms with E-state index < -0.39 is 12.1 Å². The van der Waals surface area contributed by atoms with Crippen molar-refractivity contribution in [2.45, 2.75) is 18.7 Å². The molecule has 0 radical (unpaired) electrons. The van der Waals surface area contributed by atoms with Crippen LogP contribution >= 0.6 is 0 Å². The van der Waals surface area contributed by atoms with E-state index in [9.17, 15) is 9.90 Å². The number of methoxy groups -OCH3 is 1. The normalized spacial score (nSPS) is 12.7. The molecule has 0 heterocycles. The van der Waals surface area contributed by atoms with Crippen molar-refractivity contribution in [3.05, 3.63) is 125 Å². The summed E-state index contributed by atoms with van der Waals surface area (Å²) in [5.41, 5.74) is 9.25. The molecule has 9 nitrogen and oxygen atoms in total. The summed E-state index contributed by atoms with van der Waals surface area (Å²) in [7, 11) is 1.54. The molecule has 4 aromatic carbocycles. The molecule has 0 aliphatic heterocycles. The van der Waals surface area contributed by atoms with Crippen molar-refractivity contribution in [1.82, 2.24) is 5.32 Å². The van der Waals surface area contributed by atoms with Crippen LogP contribution in [0.4, 0.5) is 5.69 Å². The quantitative estimate of drug-likeness (QED) is 0.0778. The molecular weight excluding hydrogens is 508 g/mol. The fraction of sp³-hybridized carbons (Fsp3) is 0.161. The zero-order valence-corrected chi connectivity index (χ0v) is 22.0. The number of amides is 1. The molecular formula is C31H32N4O5. The Bertz CT molecular complexity index is 1410. The van der Waals surface area contributed by atoms with Crippen molar-refractivity contribution >= 4 is 17.4 Å². The van der Waals surface area contributed by atoms with Crippen molar-refractivity contribution in [3.63, 3.8) is 0 Å². The molecule has 4 rings (SSSR count). The van der Waals surface area contributed by atoms with Gasteiger partial charge in [-0.3, -0.25) is 4.79 Å². The first-order chi connectivity index (χ1) is 19.5. The number of amidine groups is 1. The number of nitrogens with zero attached hydrogens (tertiary/aromatic N) is 1. The second-order valence-electron chi connectivity index (χ2n) is 8.98. The van der Waals surface area contributed by atoms with E-state index >= 15 is 0 Å². The third-order valence-electron chi connectivity index (χ3n) is 6.32. The Morgan fingerprint density at radius 3 is 2.20 bits per heavy atom. The van der Waals surface area contributed by atoms with Crippen molar-refractivity contribution < 1.29 is 24.6 Å². The standard InChI is InChI=1S/C31H32N4O5/c1-39-28-18-24(14-17-27(28)40-20-21-8-4-2-5-9-21)29(33-25-15-12-23(13-16-25)30(32)35-38)31(37)34-26(19-36)22-10-6-3-7-11-22/h2-18,26,29,33,36,38H,19-20H2,1H3,(H2,32,35)(H,34,37)/t26-,29+/m0/s1. The summed E-state index contributed by atoms with van der Waals surface area (Å²) in [5, 5.41) is 28.2. The zero-order valence-electron chi connectivity index (χ0n) is 22.0. The molecule has 40 heavy (non-hydrogen) atoms. The largest absolute Gasteiger partial charge is 0.493 e. The molecule has 0 saturated heterocycles. The van der Waals surface area contributed by atoms with Crippen LogP contribution in [0.2, 0.25) is 0 Å². The fourth-order valence-corrected chi connectivity index (χ4v) is 4.15. The van der Waals surface area contributed by atoms with Crippen molar-refractivity contribution in [3.8, 4) is 11.5 Å². The zero-order chi connectivity index (χ0) is 28.3. The van der Waals surface area contributed by atoms with Crippen LogP contribution in [0.5, 0.6) is 11.5 Å². The van der Waals surface area contributed by atoms with Crippen LogP contribution < -0.4 is 25.8 Å². The lowest BCUT2D eigenvalue weighted by molar-refractivity contribution is -0.123. The first-order valence-electron chi connectivity index (χ1n) is 12.7. The number of ether oxygens (including phenoxy) is 2. The summed E-state index contributed by atoms with van der Waals surface area (Å²) in [6.07, 6.45) is 0. The molecule has 0 unspecified atom stereocenters. The summed E-state index contributed by atoms with van der Waals surface area (Å²) >= 11 is 0. The molecule has 0 saturated carbocycles. The van der Waals surface area contributed by atoms with Gasteiger partial charge >= 0.3 is 0 Å². The summed E-state index contributed by atoms with van der Waals surface area (Å²) in [5.74, 6) is 0.626. The maximum absolute atomic E-state index is 13.7. The van der Waals surface area contributed by atoms with Crippen LogP contribution in [0, 0.1) is 0 Å². The maximum Gasteiger partial charge on any atom is 0.247 e. The second kappa shape index (κ2) is 13.7. The molecule has 0 aliphatic rings. The Morgan fingerprint density at radius 1 is 0.900 bits per heavy atom. The number of carbonyl (C=O) groups excluding carboxylic acids is 1. The molecule has 4 aromatic rings. The predicted molar refractivity (Wildman–Crippen MR) is 153 cm³/mol. The lowest BCUT2D eigenvalue weighted by Gasteiger charge is -2.24. The minimum Gasteiger partial charge on any atom is -0.493 e. The minimum atomic E-state index is -0.857. The lowest BCUT2D eigenvalue weighted by atomic mass is 10.0. The highest BCUT2D eigenvalue weighted by atomic mass is 16.5. The van der Waals surface area contributed by atoms with E-state index in [-0.39, 0.29) is 18.3 Å². The number of hydrogen-bond acceptors (Lipinski definition) is 7. The van der Waals surface area contributed by atoms with Gasteiger partial charge in [-0.05, 0) is 53.1 Å². The number of anilines is 1. The summed E-state index contributed by atoms with van der Waals surface area (Å²) in [4.78, 5) is 13.7. The van der Waals surface area contributed by atoms with Crippen LogP contribution in [0.15, 0.2) is 108 Å². The highest BCUT2D eigenvalue weighted by molar-refractivity contribution is 5.97. The third kappa shape index (κ3) is 7.09. The van der Waals surface area contributed by atoms with E-state index in [1.165, 1.54) is 0 Å². The van der Waals surface area contributed by atoms with Gasteiger partial charge in [0.15, 0.2) is 17.3 Å². The van der Waals surface area contributed by atoms with E-state index in [1.807, 2.05) is 60.7 Å². The number of rotatable bonds is 12. The summed E-state index contributed by atoms with van der Waals surface area (Å²) < 4.78 is 11.6. The van der Waals surface area contributed by atoms with Gasteiger partial charge in [-0.2, -0.15) is 0 Å². The molecule has 1 amide bonds. The van der Waals surface area contributed by atoms with E-state index in [0.29, 0.717) is 34.9 Å². The minimum absolute atomic E-state index is 0.0229. The summed E-state index contributed by atoms with van der Waals surface area (Å²) in [6.45, 7) is 0.0904. The predicted octanol–water partition coefficient (Wildman–Crippen LogP) is 4.37. The Labute approximate surface area is 232 Å². The average molecular weight is 541 g/mol. The van der Waals surface area contributed by atoms with E-state index in [2.05, 4.69) is 15.8 Å². The van der Waals surface area contributed by atoms with Gasteiger partial charge in [0.05, 0.1) is 19.8 Å². The molecule has 0 bridgehead atoms. The van der Waals surface area contributed by atoms with Crippen molar-refractivity contribution in [1.29, 1.82) is 0 Å². The van der Waals surface area contributed by atoms with Gasteiger partial charge < -0.3 is 36.2 Å². The van der Waals surface area contributed by atoms with Gasteiger partial charge in [-0.1, -0.05) is 71.9 Å². The smallest absolute Gasteiger partial charge is 0.247 e. The first kappa shape index (κ1) is 28.0. The number of carbonyl (C=O) groups is 1. The molecule has 9 heteroatoms. The van der Waals surface area contributed by atoms with Crippen LogP contribution in [-0.4, -0.2) is 35.8 Å². The number of aliphatic hydroxyl groups excluding tert-OH is 1. The lowest BCUT2D eigenvalue weighted by Crippen LogP contribution is -2.37. The number of benzene rings is 4. The van der Waals surface area contributed by atoms with E-state index in [1.54, 1.807) is 49.6 Å². The summed E-state index contributed by atoms with van der Waals surface area (Å²) in [6, 6.07) is 29.7. The van der Waals surface area contributed by atoms with Gasteiger partial charge in [0.1, 0.15) is 12.6 Å². The molecule has 2 atom stereocenters. The monoisotopic (exact) mass is 540 g/mol. The number of hydrogen-bond donors (Lipinski definition) is 5. The topological polar surface area (TPSA) is 138 Å². The Morgan fingerprint density at radius 2 is 1.57 bits per heavy atom. The Hall–Kier alpha value is -5.02. The number of oxime groups is 1. The fourth-order valence-electron chi connectivity index (χ4n) is 4.15. The SMILES string of the molecule is COc1cc([C@@H](Nc2ccc(/C(N)=N/O)cc2)C(=O)N[C@@H](CO)c2ccccc2)ccc1OCc1ccccc1. The molecule has 6 N–H and O–H groups in total. The Kier molecular flexibility index (Phi) is 9.58. The third-order valence-corrected chi connectivity index (χ3v) is 6.32. The van der Waals surface area contributed by atoms with Crippen LogP contribution in [0.25, 0.3) is 0 Å². The molecule has 0 spiro atoms. The van der Waals surface area contributed by atoms with Gasteiger partial charge in [0, 0.05) is 11.3 Å². The number of aliphatic hydroxyl groups is 1. The Balaban J connectivity index is 1.62. The first-order valence-corrected chi connectivity index (χ1v) is 12.7. The number of nitrogens with one attached hydrogen (secondary N) is 2. The highest BCUT2D eigenvalue weighted by Gasteiger charge is 2.25. The van der Waals surface area contributed by atoms with Gasteiger partial charge in [-0.15, -0.1) is 0 Å².